The van der Waals surface area contributed by atoms with Gasteiger partial charge in [-0.05, 0) is 36.4 Å². The number of halogens is 1. The summed E-state index contributed by atoms with van der Waals surface area (Å²) < 4.78 is 18.7. The Morgan fingerprint density at radius 3 is 2.62 bits per heavy atom. The van der Waals surface area contributed by atoms with Crippen molar-refractivity contribution < 1.29 is 14.0 Å². The molecule has 5 nitrogen and oxygen atoms in total. The lowest BCUT2D eigenvalue weighted by Crippen LogP contribution is -1.99. The van der Waals surface area contributed by atoms with E-state index < -0.39 is 5.82 Å². The maximum absolute atomic E-state index is 13.6. The van der Waals surface area contributed by atoms with Crippen LogP contribution in [0.1, 0.15) is 5.89 Å². The first-order chi connectivity index (χ1) is 10.2. The van der Waals surface area contributed by atoms with Crippen molar-refractivity contribution >= 4 is 5.69 Å². The molecule has 106 valence electrons. The summed E-state index contributed by atoms with van der Waals surface area (Å²) in [5.41, 5.74) is 1.11. The molecule has 0 aliphatic rings. The molecule has 2 N–H and O–H groups in total. The molecule has 0 saturated carbocycles. The average molecular weight is 285 g/mol. The summed E-state index contributed by atoms with van der Waals surface area (Å²) in [5.74, 6) is 0.369. The standard InChI is InChI=1S/C15H12FN3O2/c16-13-4-2-1-3-12(13)15-18-14(21-19-15)9-17-10-5-7-11(20)8-6-10/h1-8,17,20H,9H2. The van der Waals surface area contributed by atoms with Crippen molar-refractivity contribution in [1.82, 2.24) is 10.1 Å². The Morgan fingerprint density at radius 1 is 1.10 bits per heavy atom. The Morgan fingerprint density at radius 2 is 1.86 bits per heavy atom. The summed E-state index contributed by atoms with van der Waals surface area (Å²) in [5, 5.41) is 16.0. The van der Waals surface area contributed by atoms with Crippen LogP contribution in [0, 0.1) is 5.82 Å². The second kappa shape index (κ2) is 5.62. The molecule has 3 rings (SSSR count). The van der Waals surface area contributed by atoms with Gasteiger partial charge in [0.15, 0.2) is 0 Å². The number of nitrogens with zero attached hydrogens (tertiary/aromatic N) is 2. The number of phenols is 1. The van der Waals surface area contributed by atoms with Crippen molar-refractivity contribution in [2.24, 2.45) is 0 Å². The third-order valence-corrected chi connectivity index (χ3v) is 2.89. The molecule has 0 aliphatic heterocycles. The van der Waals surface area contributed by atoms with Gasteiger partial charge in [0.05, 0.1) is 12.1 Å². The first-order valence-corrected chi connectivity index (χ1v) is 6.33. The van der Waals surface area contributed by atoms with Crippen molar-refractivity contribution in [3.05, 3.63) is 60.2 Å². The van der Waals surface area contributed by atoms with E-state index in [1.807, 2.05) is 0 Å². The number of aromatic hydroxyl groups is 1. The molecule has 0 unspecified atom stereocenters. The summed E-state index contributed by atoms with van der Waals surface area (Å²) in [6, 6.07) is 12.8. The number of phenolic OH excluding ortho intramolecular Hbond substituents is 1. The van der Waals surface area contributed by atoms with E-state index in [-0.39, 0.29) is 11.6 Å². The van der Waals surface area contributed by atoms with Gasteiger partial charge in [-0.3, -0.25) is 0 Å². The van der Waals surface area contributed by atoms with Crippen molar-refractivity contribution in [1.29, 1.82) is 0 Å². The highest BCUT2D eigenvalue weighted by atomic mass is 19.1. The van der Waals surface area contributed by atoms with Crippen LogP contribution in [0.3, 0.4) is 0 Å². The van der Waals surface area contributed by atoms with E-state index in [9.17, 15) is 9.50 Å². The zero-order valence-corrected chi connectivity index (χ0v) is 11.0. The highest BCUT2D eigenvalue weighted by molar-refractivity contribution is 5.55. The molecule has 6 heteroatoms. The maximum Gasteiger partial charge on any atom is 0.246 e. The quantitative estimate of drug-likeness (QED) is 0.720. The molecular weight excluding hydrogens is 273 g/mol. The molecule has 0 radical (unpaired) electrons. The van der Waals surface area contributed by atoms with Gasteiger partial charge < -0.3 is 14.9 Å². The van der Waals surface area contributed by atoms with Gasteiger partial charge in [0, 0.05) is 5.69 Å². The molecule has 3 aromatic rings. The van der Waals surface area contributed by atoms with Gasteiger partial charge in [-0.25, -0.2) is 4.39 Å². The summed E-state index contributed by atoms with van der Waals surface area (Å²) in [6.45, 7) is 0.312. The lowest BCUT2D eigenvalue weighted by atomic mass is 10.2. The second-order valence-corrected chi connectivity index (χ2v) is 4.39. The molecular formula is C15H12FN3O2. The number of anilines is 1. The van der Waals surface area contributed by atoms with E-state index in [0.29, 0.717) is 18.0 Å². The molecule has 0 saturated heterocycles. The summed E-state index contributed by atoms with van der Waals surface area (Å²) in [6.07, 6.45) is 0. The van der Waals surface area contributed by atoms with E-state index in [0.717, 1.165) is 5.69 Å². The topological polar surface area (TPSA) is 71.2 Å². The second-order valence-electron chi connectivity index (χ2n) is 4.39. The molecule has 0 fully saturated rings. The molecule has 0 amide bonds. The van der Waals surface area contributed by atoms with Gasteiger partial charge >= 0.3 is 0 Å². The van der Waals surface area contributed by atoms with Crippen molar-refractivity contribution in [3.63, 3.8) is 0 Å². The fourth-order valence-electron chi connectivity index (χ4n) is 1.84. The first kappa shape index (κ1) is 13.1. The van der Waals surface area contributed by atoms with Crippen LogP contribution in [0.5, 0.6) is 5.75 Å². The van der Waals surface area contributed by atoms with E-state index >= 15 is 0 Å². The van der Waals surface area contributed by atoms with E-state index in [1.54, 1.807) is 42.5 Å². The fourth-order valence-corrected chi connectivity index (χ4v) is 1.84. The van der Waals surface area contributed by atoms with E-state index in [4.69, 9.17) is 4.52 Å². The summed E-state index contributed by atoms with van der Waals surface area (Å²) >= 11 is 0. The van der Waals surface area contributed by atoms with Crippen molar-refractivity contribution in [3.8, 4) is 17.1 Å². The number of rotatable bonds is 4. The third kappa shape index (κ3) is 3.00. The van der Waals surface area contributed by atoms with Gasteiger partial charge in [-0.15, -0.1) is 0 Å². The molecule has 1 heterocycles. The Hall–Kier alpha value is -2.89. The SMILES string of the molecule is Oc1ccc(NCc2nc(-c3ccccc3F)no2)cc1. The molecule has 2 aromatic carbocycles. The third-order valence-electron chi connectivity index (χ3n) is 2.89. The number of nitrogens with one attached hydrogen (secondary N) is 1. The molecule has 0 bridgehead atoms. The number of hydrogen-bond acceptors (Lipinski definition) is 5. The summed E-state index contributed by atoms with van der Waals surface area (Å²) in [7, 11) is 0. The Bertz CT molecular complexity index is 741. The van der Waals surface area contributed by atoms with Crippen LogP contribution in [0.25, 0.3) is 11.4 Å². The van der Waals surface area contributed by atoms with Crippen LogP contribution in [0.4, 0.5) is 10.1 Å². The largest absolute Gasteiger partial charge is 0.508 e. The van der Waals surface area contributed by atoms with Gasteiger partial charge in [0.2, 0.25) is 11.7 Å². The van der Waals surface area contributed by atoms with Gasteiger partial charge in [-0.1, -0.05) is 17.3 Å². The first-order valence-electron chi connectivity index (χ1n) is 6.33. The van der Waals surface area contributed by atoms with Crippen molar-refractivity contribution in [2.45, 2.75) is 6.54 Å². The molecule has 21 heavy (non-hydrogen) atoms. The highest BCUT2D eigenvalue weighted by Gasteiger charge is 2.11. The predicted molar refractivity (Wildman–Crippen MR) is 75.1 cm³/mol. The molecule has 0 aliphatic carbocycles. The molecule has 0 atom stereocenters. The lowest BCUT2D eigenvalue weighted by Gasteiger charge is -2.02. The van der Waals surface area contributed by atoms with Gasteiger partial charge in [0.1, 0.15) is 11.6 Å². The molecule has 0 spiro atoms. The van der Waals surface area contributed by atoms with Crippen LogP contribution >= 0.6 is 0 Å². The monoisotopic (exact) mass is 285 g/mol. The van der Waals surface area contributed by atoms with Crippen LogP contribution in [0.15, 0.2) is 53.1 Å². The smallest absolute Gasteiger partial charge is 0.246 e. The predicted octanol–water partition coefficient (Wildman–Crippen LogP) is 3.19. The number of aromatic nitrogens is 2. The zero-order valence-electron chi connectivity index (χ0n) is 11.0. The Balaban J connectivity index is 1.71. The zero-order chi connectivity index (χ0) is 14.7. The Labute approximate surface area is 120 Å². The van der Waals surface area contributed by atoms with E-state index in [1.165, 1.54) is 6.07 Å². The van der Waals surface area contributed by atoms with E-state index in [2.05, 4.69) is 15.5 Å². The Kier molecular flexibility index (Phi) is 3.51. The van der Waals surface area contributed by atoms with Crippen LogP contribution in [-0.2, 0) is 6.54 Å². The fraction of sp³-hybridized carbons (Fsp3) is 0.0667. The molecule has 1 aromatic heterocycles. The van der Waals surface area contributed by atoms with Crippen molar-refractivity contribution in [2.75, 3.05) is 5.32 Å². The van der Waals surface area contributed by atoms with Gasteiger partial charge in [-0.2, -0.15) is 4.98 Å². The summed E-state index contributed by atoms with van der Waals surface area (Å²) in [4.78, 5) is 4.14. The van der Waals surface area contributed by atoms with Crippen LogP contribution < -0.4 is 5.32 Å². The minimum absolute atomic E-state index is 0.195. The number of hydrogen-bond donors (Lipinski definition) is 2. The average Bonchev–Trinajstić information content (AvgIpc) is 2.96. The van der Waals surface area contributed by atoms with Crippen LogP contribution in [0.2, 0.25) is 0 Å². The van der Waals surface area contributed by atoms with Crippen LogP contribution in [-0.4, -0.2) is 15.2 Å². The highest BCUT2D eigenvalue weighted by Crippen LogP contribution is 2.20. The maximum atomic E-state index is 13.6. The number of benzene rings is 2. The minimum Gasteiger partial charge on any atom is -0.508 e. The normalized spacial score (nSPS) is 10.5. The lowest BCUT2D eigenvalue weighted by molar-refractivity contribution is 0.384. The minimum atomic E-state index is -0.392. The van der Waals surface area contributed by atoms with Gasteiger partial charge in [0.25, 0.3) is 0 Å².